The summed E-state index contributed by atoms with van der Waals surface area (Å²) < 4.78 is 7.08. The molecule has 2 aliphatic carbocycles. The normalized spacial score (nSPS) is 15.3. The molecule has 3 aliphatic rings. The van der Waals surface area contributed by atoms with Crippen molar-refractivity contribution >= 4 is 0 Å². The van der Waals surface area contributed by atoms with Crippen molar-refractivity contribution in [2.75, 3.05) is 0 Å². The van der Waals surface area contributed by atoms with Gasteiger partial charge in [0.15, 0.2) is 5.82 Å². The van der Waals surface area contributed by atoms with E-state index in [2.05, 4.69) is 206 Å². The van der Waals surface area contributed by atoms with Crippen molar-refractivity contribution in [3.05, 3.63) is 258 Å². The lowest BCUT2D eigenvalue weighted by atomic mass is 9.63. The van der Waals surface area contributed by atoms with Crippen molar-refractivity contribution < 1.29 is 4.74 Å². The lowest BCUT2D eigenvalue weighted by Gasteiger charge is -2.43. The van der Waals surface area contributed by atoms with Crippen molar-refractivity contribution in [1.82, 2.24) is 9.97 Å². The van der Waals surface area contributed by atoms with Gasteiger partial charge in [0.25, 0.3) is 0 Å². The van der Waals surface area contributed by atoms with Crippen molar-refractivity contribution in [3.63, 3.8) is 0 Å². The summed E-state index contributed by atoms with van der Waals surface area (Å²) in [6, 6.07) is 75.8. The van der Waals surface area contributed by atoms with Crippen molar-refractivity contribution in [2.45, 2.75) is 17.8 Å². The van der Waals surface area contributed by atoms with Gasteiger partial charge in [-0.25, -0.2) is 9.97 Å². The molecule has 0 bridgehead atoms. The van der Waals surface area contributed by atoms with Gasteiger partial charge < -0.3 is 4.74 Å². The number of nitrogens with zero attached hydrogens (tertiary/aromatic N) is 2. The number of para-hydroxylation sites is 1. The smallest absolute Gasteiger partial charge is 0.160 e. The predicted octanol–water partition coefficient (Wildman–Crippen LogP) is 14.5. The molecule has 0 N–H and O–H groups in total. The van der Waals surface area contributed by atoms with Crippen LogP contribution in [-0.2, 0) is 5.41 Å². The topological polar surface area (TPSA) is 35.0 Å². The Bertz CT molecular complexity index is 3210. The maximum Gasteiger partial charge on any atom is 0.160 e. The van der Waals surface area contributed by atoms with Gasteiger partial charge in [-0.2, -0.15) is 0 Å². The van der Waals surface area contributed by atoms with E-state index in [-0.39, 0.29) is 5.92 Å². The zero-order valence-corrected chi connectivity index (χ0v) is 33.9. The number of hydrogen-bond acceptors (Lipinski definition) is 3. The Labute approximate surface area is 362 Å². The molecule has 9 aromatic rings. The van der Waals surface area contributed by atoms with E-state index in [1.165, 1.54) is 44.5 Å². The van der Waals surface area contributed by atoms with Gasteiger partial charge in [0.1, 0.15) is 11.5 Å². The van der Waals surface area contributed by atoms with Crippen LogP contribution in [-0.4, -0.2) is 9.97 Å². The highest BCUT2D eigenvalue weighted by molar-refractivity contribution is 5.88. The second-order valence-electron chi connectivity index (χ2n) is 16.4. The molecule has 3 heteroatoms. The first-order chi connectivity index (χ1) is 30.7. The number of allylic oxidation sites excluding steroid dienone is 4. The summed E-state index contributed by atoms with van der Waals surface area (Å²) >= 11 is 0. The Morgan fingerprint density at radius 1 is 0.419 bits per heavy atom. The fourth-order valence-electron chi connectivity index (χ4n) is 10.1. The average molecular weight is 793 g/mol. The second kappa shape index (κ2) is 14.7. The number of rotatable bonds is 6. The molecule has 0 fully saturated rings. The van der Waals surface area contributed by atoms with E-state index >= 15 is 0 Å². The molecule has 0 radical (unpaired) electrons. The van der Waals surface area contributed by atoms with Crippen LogP contribution >= 0.6 is 0 Å². The third-order valence-electron chi connectivity index (χ3n) is 12.9. The number of benzene rings is 8. The first-order valence-corrected chi connectivity index (χ1v) is 21.4. The van der Waals surface area contributed by atoms with Crippen LogP contribution in [0.15, 0.2) is 236 Å². The largest absolute Gasteiger partial charge is 0.460 e. The van der Waals surface area contributed by atoms with E-state index in [1.54, 1.807) is 0 Å². The fourth-order valence-corrected chi connectivity index (χ4v) is 10.1. The minimum atomic E-state index is -0.476. The lowest BCUT2D eigenvalue weighted by Crippen LogP contribution is -2.36. The van der Waals surface area contributed by atoms with Crippen LogP contribution in [0.2, 0.25) is 0 Å². The summed E-state index contributed by atoms with van der Waals surface area (Å²) in [5.41, 5.74) is 17.8. The van der Waals surface area contributed by atoms with Crippen molar-refractivity contribution in [2.24, 2.45) is 0 Å². The first-order valence-electron chi connectivity index (χ1n) is 21.4. The SMILES string of the molecule is C1=CC2=C(Oc3ccccc3C23c2ccccc2-c2ccccc23)C(c2cccc(-c3cccc(-c4cc(-c5cccc(-c6ccccc6)c5)nc(-c5ccccc5)n4)c3)c2)C1. The minimum absolute atomic E-state index is 0.0350. The summed E-state index contributed by atoms with van der Waals surface area (Å²) in [6.07, 6.45) is 5.54. The van der Waals surface area contributed by atoms with Crippen LogP contribution < -0.4 is 4.74 Å². The molecule has 0 saturated carbocycles. The third kappa shape index (κ3) is 5.81. The summed E-state index contributed by atoms with van der Waals surface area (Å²) in [5, 5.41) is 0. The summed E-state index contributed by atoms with van der Waals surface area (Å²) in [4.78, 5) is 10.3. The monoisotopic (exact) mass is 792 g/mol. The van der Waals surface area contributed by atoms with Crippen LogP contribution in [0.5, 0.6) is 5.75 Å². The molecule has 1 spiro atoms. The highest BCUT2D eigenvalue weighted by atomic mass is 16.5. The molecule has 12 rings (SSSR count). The van der Waals surface area contributed by atoms with Gasteiger partial charge in [0.2, 0.25) is 0 Å². The van der Waals surface area contributed by atoms with Crippen LogP contribution in [0.25, 0.3) is 67.3 Å². The molecule has 3 nitrogen and oxygen atoms in total. The molecule has 1 aliphatic heterocycles. The fraction of sp³-hybridized carbons (Fsp3) is 0.0508. The van der Waals surface area contributed by atoms with E-state index in [0.717, 1.165) is 62.7 Å². The van der Waals surface area contributed by atoms with Crippen LogP contribution in [0.4, 0.5) is 0 Å². The third-order valence-corrected chi connectivity index (χ3v) is 12.9. The number of hydrogen-bond donors (Lipinski definition) is 0. The summed E-state index contributed by atoms with van der Waals surface area (Å²) in [6.45, 7) is 0. The van der Waals surface area contributed by atoms with Crippen LogP contribution in [0, 0.1) is 0 Å². The Hall–Kier alpha value is -7.88. The molecule has 0 amide bonds. The Morgan fingerprint density at radius 2 is 0.919 bits per heavy atom. The van der Waals surface area contributed by atoms with E-state index in [0.29, 0.717) is 5.82 Å². The Kier molecular flexibility index (Phi) is 8.53. The van der Waals surface area contributed by atoms with E-state index in [9.17, 15) is 0 Å². The highest BCUT2D eigenvalue weighted by Gasteiger charge is 2.52. The standard InChI is InChI=1S/C59H40N2O/c1-3-17-39(18-4-1)41-21-14-25-45(36-41)54-38-55(61-58(60-54)40-19-5-2-6-20-40)46-26-15-23-43(37-46)42-22-13-24-44(35-42)47-29-16-33-53-57(47)62-56-34-12-11-32-52(56)59(53)50-30-9-7-27-48(50)49-28-8-10-31-51(49)59/h1-28,30-38,47H,29H2. The molecule has 0 saturated heterocycles. The molecule has 1 atom stereocenters. The molecular weight excluding hydrogens is 753 g/mol. The number of fused-ring (bicyclic) bond motifs is 8. The molecular formula is C59H40N2O. The van der Waals surface area contributed by atoms with Crippen molar-refractivity contribution in [1.29, 1.82) is 0 Å². The molecule has 8 aromatic carbocycles. The second-order valence-corrected chi connectivity index (χ2v) is 16.4. The zero-order valence-electron chi connectivity index (χ0n) is 33.9. The molecule has 1 aromatic heterocycles. The van der Waals surface area contributed by atoms with Gasteiger partial charge in [-0.3, -0.25) is 0 Å². The molecule has 62 heavy (non-hydrogen) atoms. The molecule has 1 unspecified atom stereocenters. The van der Waals surface area contributed by atoms with Gasteiger partial charge in [0.05, 0.1) is 16.8 Å². The zero-order chi connectivity index (χ0) is 41.0. The maximum atomic E-state index is 7.08. The molecule has 292 valence electrons. The number of aromatic nitrogens is 2. The van der Waals surface area contributed by atoms with E-state index in [1.807, 2.05) is 18.2 Å². The average Bonchev–Trinajstić information content (AvgIpc) is 3.65. The van der Waals surface area contributed by atoms with E-state index < -0.39 is 5.41 Å². The van der Waals surface area contributed by atoms with E-state index in [4.69, 9.17) is 14.7 Å². The van der Waals surface area contributed by atoms with Gasteiger partial charge in [-0.05, 0) is 80.8 Å². The summed E-state index contributed by atoms with van der Waals surface area (Å²) in [5.74, 6) is 2.69. The van der Waals surface area contributed by atoms with Gasteiger partial charge in [0, 0.05) is 33.7 Å². The minimum Gasteiger partial charge on any atom is -0.460 e. The Balaban J connectivity index is 0.952. The Morgan fingerprint density at radius 3 is 1.58 bits per heavy atom. The van der Waals surface area contributed by atoms with Gasteiger partial charge in [-0.15, -0.1) is 0 Å². The first kappa shape index (κ1) is 36.0. The van der Waals surface area contributed by atoms with Crippen molar-refractivity contribution in [3.8, 4) is 73.0 Å². The number of ether oxygens (including phenoxy) is 1. The summed E-state index contributed by atoms with van der Waals surface area (Å²) in [7, 11) is 0. The maximum absolute atomic E-state index is 7.08. The van der Waals surface area contributed by atoms with Gasteiger partial charge >= 0.3 is 0 Å². The molecule has 2 heterocycles. The predicted molar refractivity (Wildman–Crippen MR) is 252 cm³/mol. The quantitative estimate of drug-likeness (QED) is 0.168. The highest BCUT2D eigenvalue weighted by Crippen LogP contribution is 2.62. The van der Waals surface area contributed by atoms with Crippen LogP contribution in [0.3, 0.4) is 0 Å². The van der Waals surface area contributed by atoms with Crippen LogP contribution in [0.1, 0.15) is 34.6 Å². The lowest BCUT2D eigenvalue weighted by molar-refractivity contribution is 0.345. The van der Waals surface area contributed by atoms with Gasteiger partial charge in [-0.1, -0.05) is 200 Å².